The monoisotopic (exact) mass is 173 g/mol. The summed E-state index contributed by atoms with van der Waals surface area (Å²) in [7, 11) is 2.02. The second-order valence-corrected chi connectivity index (χ2v) is 3.35. The zero-order chi connectivity index (χ0) is 9.82. The van der Waals surface area contributed by atoms with E-state index in [0.717, 1.165) is 5.92 Å². The van der Waals surface area contributed by atoms with Crippen LogP contribution in [0.15, 0.2) is 0 Å². The summed E-state index contributed by atoms with van der Waals surface area (Å²) in [5.41, 5.74) is 0. The number of nitrogens with one attached hydrogen (secondary N) is 1. The van der Waals surface area contributed by atoms with Crippen LogP contribution < -0.4 is 5.32 Å². The summed E-state index contributed by atoms with van der Waals surface area (Å²) < 4.78 is 0. The summed E-state index contributed by atoms with van der Waals surface area (Å²) in [4.78, 5) is 0. The molecule has 0 bridgehead atoms. The summed E-state index contributed by atoms with van der Waals surface area (Å²) in [6.45, 7) is 9.76. The molecule has 0 saturated carbocycles. The van der Waals surface area contributed by atoms with Crippen molar-refractivity contribution < 1.29 is 0 Å². The van der Waals surface area contributed by atoms with Crippen molar-refractivity contribution in [3.05, 3.63) is 0 Å². The van der Waals surface area contributed by atoms with Crippen LogP contribution in [0.4, 0.5) is 0 Å². The summed E-state index contributed by atoms with van der Waals surface area (Å²) in [6.07, 6.45) is 5.52. The first-order chi connectivity index (χ1) is 5.77. The lowest BCUT2D eigenvalue weighted by atomic mass is 10.1. The number of rotatable bonds is 6. The van der Waals surface area contributed by atoms with Crippen LogP contribution in [0.5, 0.6) is 0 Å². The van der Waals surface area contributed by atoms with Gasteiger partial charge in [-0.2, -0.15) is 0 Å². The van der Waals surface area contributed by atoms with Gasteiger partial charge in [0.25, 0.3) is 0 Å². The standard InChI is InChI=1S/C9H21N.C2H6/c1-9(2)7-5-4-6-8-10-3;1-2/h9-10H,4-8H2,1-3H3;1-2H3. The Morgan fingerprint density at radius 2 is 1.58 bits per heavy atom. The molecule has 1 N–H and O–H groups in total. The molecule has 1 heteroatoms. The molecule has 0 spiro atoms. The van der Waals surface area contributed by atoms with Crippen molar-refractivity contribution in [2.24, 2.45) is 5.92 Å². The van der Waals surface area contributed by atoms with Gasteiger partial charge in [0.1, 0.15) is 0 Å². The molecule has 0 fully saturated rings. The molecule has 0 aromatic rings. The van der Waals surface area contributed by atoms with Crippen molar-refractivity contribution >= 4 is 0 Å². The second-order valence-electron chi connectivity index (χ2n) is 3.35. The van der Waals surface area contributed by atoms with Crippen LogP contribution in [0.1, 0.15) is 53.4 Å². The summed E-state index contributed by atoms with van der Waals surface area (Å²) in [5, 5.41) is 3.16. The van der Waals surface area contributed by atoms with E-state index in [1.807, 2.05) is 20.9 Å². The van der Waals surface area contributed by atoms with Gasteiger partial charge in [0.15, 0.2) is 0 Å². The van der Waals surface area contributed by atoms with E-state index in [1.165, 1.54) is 32.2 Å². The van der Waals surface area contributed by atoms with Crippen molar-refractivity contribution in [3.8, 4) is 0 Å². The zero-order valence-corrected chi connectivity index (χ0v) is 9.61. The van der Waals surface area contributed by atoms with E-state index >= 15 is 0 Å². The Morgan fingerprint density at radius 3 is 2.00 bits per heavy atom. The lowest BCUT2D eigenvalue weighted by Crippen LogP contribution is -2.07. The molecule has 0 heterocycles. The van der Waals surface area contributed by atoms with Crippen molar-refractivity contribution in [2.75, 3.05) is 13.6 Å². The summed E-state index contributed by atoms with van der Waals surface area (Å²) in [6, 6.07) is 0. The maximum Gasteiger partial charge on any atom is -0.00519 e. The van der Waals surface area contributed by atoms with E-state index in [9.17, 15) is 0 Å². The maximum atomic E-state index is 3.16. The third-order valence-electron chi connectivity index (χ3n) is 1.71. The Bertz CT molecular complexity index is 60.0. The van der Waals surface area contributed by atoms with Crippen LogP contribution in [-0.2, 0) is 0 Å². The van der Waals surface area contributed by atoms with Crippen molar-refractivity contribution in [1.29, 1.82) is 0 Å². The highest BCUT2D eigenvalue weighted by molar-refractivity contribution is 4.48. The summed E-state index contributed by atoms with van der Waals surface area (Å²) >= 11 is 0. The first kappa shape index (κ1) is 14.5. The maximum absolute atomic E-state index is 3.16. The van der Waals surface area contributed by atoms with Crippen LogP contribution in [0.2, 0.25) is 0 Å². The van der Waals surface area contributed by atoms with Gasteiger partial charge in [-0.3, -0.25) is 0 Å². The SMILES string of the molecule is CC.CNCCCCCC(C)C. The fourth-order valence-electron chi connectivity index (χ4n) is 1.03. The van der Waals surface area contributed by atoms with E-state index in [2.05, 4.69) is 19.2 Å². The highest BCUT2D eigenvalue weighted by atomic mass is 14.8. The van der Waals surface area contributed by atoms with Gasteiger partial charge in [-0.05, 0) is 25.9 Å². The lowest BCUT2D eigenvalue weighted by molar-refractivity contribution is 0.522. The minimum absolute atomic E-state index is 0.884. The van der Waals surface area contributed by atoms with Crippen molar-refractivity contribution in [3.63, 3.8) is 0 Å². The molecule has 0 aliphatic heterocycles. The highest BCUT2D eigenvalue weighted by Crippen LogP contribution is 2.06. The van der Waals surface area contributed by atoms with E-state index in [-0.39, 0.29) is 0 Å². The Hall–Kier alpha value is -0.0400. The number of unbranched alkanes of at least 4 members (excludes halogenated alkanes) is 2. The van der Waals surface area contributed by atoms with Gasteiger partial charge in [0.2, 0.25) is 0 Å². The fourth-order valence-corrected chi connectivity index (χ4v) is 1.03. The predicted molar refractivity (Wildman–Crippen MR) is 58.6 cm³/mol. The molecule has 0 aliphatic rings. The molecule has 12 heavy (non-hydrogen) atoms. The first-order valence-corrected chi connectivity index (χ1v) is 5.42. The van der Waals surface area contributed by atoms with Crippen LogP contribution in [-0.4, -0.2) is 13.6 Å². The van der Waals surface area contributed by atoms with Crippen molar-refractivity contribution in [2.45, 2.75) is 53.4 Å². The van der Waals surface area contributed by atoms with Crippen molar-refractivity contribution in [1.82, 2.24) is 5.32 Å². The Labute approximate surface area is 78.9 Å². The Morgan fingerprint density at radius 1 is 1.00 bits per heavy atom. The molecule has 0 amide bonds. The van der Waals surface area contributed by atoms with E-state index < -0.39 is 0 Å². The van der Waals surface area contributed by atoms with Crippen LogP contribution in [0.3, 0.4) is 0 Å². The molecule has 0 aliphatic carbocycles. The molecule has 1 nitrogen and oxygen atoms in total. The van der Waals surface area contributed by atoms with Gasteiger partial charge < -0.3 is 5.32 Å². The first-order valence-electron chi connectivity index (χ1n) is 5.42. The molecular weight excluding hydrogens is 146 g/mol. The van der Waals surface area contributed by atoms with Crippen LogP contribution in [0, 0.1) is 5.92 Å². The van der Waals surface area contributed by atoms with Crippen LogP contribution in [0.25, 0.3) is 0 Å². The Kier molecular flexibility index (Phi) is 16.3. The van der Waals surface area contributed by atoms with Gasteiger partial charge in [-0.1, -0.05) is 47.0 Å². The van der Waals surface area contributed by atoms with E-state index in [1.54, 1.807) is 0 Å². The minimum atomic E-state index is 0.884. The normalized spacial score (nSPS) is 9.50. The average Bonchev–Trinajstić information content (AvgIpc) is 2.07. The fraction of sp³-hybridized carbons (Fsp3) is 1.00. The molecule has 0 saturated heterocycles. The van der Waals surface area contributed by atoms with Gasteiger partial charge in [0, 0.05) is 0 Å². The molecule has 0 radical (unpaired) electrons. The lowest BCUT2D eigenvalue weighted by Gasteiger charge is -2.03. The molecule has 0 unspecified atom stereocenters. The van der Waals surface area contributed by atoms with Gasteiger partial charge in [-0.15, -0.1) is 0 Å². The number of hydrogen-bond acceptors (Lipinski definition) is 1. The van der Waals surface area contributed by atoms with Gasteiger partial charge in [0.05, 0.1) is 0 Å². The quantitative estimate of drug-likeness (QED) is 0.607. The topological polar surface area (TPSA) is 12.0 Å². The Balaban J connectivity index is 0. The highest BCUT2D eigenvalue weighted by Gasteiger charge is 1.92. The molecular formula is C11H27N. The largest absolute Gasteiger partial charge is 0.320 e. The molecule has 76 valence electrons. The van der Waals surface area contributed by atoms with E-state index in [0.29, 0.717) is 0 Å². The zero-order valence-electron chi connectivity index (χ0n) is 9.61. The molecule has 0 rings (SSSR count). The number of hydrogen-bond donors (Lipinski definition) is 1. The average molecular weight is 173 g/mol. The van der Waals surface area contributed by atoms with Crippen LogP contribution >= 0.6 is 0 Å². The predicted octanol–water partition coefficient (Wildman–Crippen LogP) is 3.45. The molecule has 0 atom stereocenters. The minimum Gasteiger partial charge on any atom is -0.320 e. The van der Waals surface area contributed by atoms with Gasteiger partial charge in [-0.25, -0.2) is 0 Å². The van der Waals surface area contributed by atoms with E-state index in [4.69, 9.17) is 0 Å². The molecule has 0 aromatic carbocycles. The third-order valence-corrected chi connectivity index (χ3v) is 1.71. The molecule has 0 aromatic heterocycles. The second kappa shape index (κ2) is 13.5. The smallest absolute Gasteiger partial charge is 0.00519 e. The third kappa shape index (κ3) is 16.5. The van der Waals surface area contributed by atoms with Gasteiger partial charge >= 0.3 is 0 Å². The summed E-state index contributed by atoms with van der Waals surface area (Å²) in [5.74, 6) is 0.884.